The monoisotopic (exact) mass is 388 g/mol. The van der Waals surface area contributed by atoms with Crippen LogP contribution in [-0.2, 0) is 6.54 Å². The average molecular weight is 388 g/mol. The average Bonchev–Trinajstić information content (AvgIpc) is 3.30. The first-order valence-corrected chi connectivity index (χ1v) is 9.41. The van der Waals surface area contributed by atoms with Crippen LogP contribution in [-0.4, -0.2) is 30.3 Å². The van der Waals surface area contributed by atoms with Crippen molar-refractivity contribution in [1.82, 2.24) is 29.7 Å². The van der Waals surface area contributed by atoms with E-state index in [4.69, 9.17) is 0 Å². The summed E-state index contributed by atoms with van der Waals surface area (Å²) in [6, 6.07) is 2.57. The number of amides is 1. The fourth-order valence-corrected chi connectivity index (χ4v) is 3.34. The normalized spacial score (nSPS) is 15.4. The minimum Gasteiger partial charge on any atom is -0.344 e. The predicted octanol–water partition coefficient (Wildman–Crippen LogP) is 3.56. The van der Waals surface area contributed by atoms with Gasteiger partial charge in [0, 0.05) is 36.0 Å². The Bertz CT molecular complexity index is 1040. The second-order valence-corrected chi connectivity index (χ2v) is 7.20. The predicted molar refractivity (Wildman–Crippen MR) is 98.4 cm³/mol. The molecular formula is C19H22F2N6O. The van der Waals surface area contributed by atoms with E-state index in [1.807, 2.05) is 27.0 Å². The number of alkyl halides is 2. The number of carbonyl (C=O) groups is 1. The zero-order valence-electron chi connectivity index (χ0n) is 16.0. The van der Waals surface area contributed by atoms with Crippen molar-refractivity contribution in [3.05, 3.63) is 46.7 Å². The Morgan fingerprint density at radius 1 is 1.32 bits per heavy atom. The van der Waals surface area contributed by atoms with Crippen LogP contribution in [0.4, 0.5) is 8.78 Å². The van der Waals surface area contributed by atoms with Gasteiger partial charge in [-0.2, -0.15) is 10.2 Å². The molecule has 1 N–H and O–H groups in total. The summed E-state index contributed by atoms with van der Waals surface area (Å²) in [6.45, 7) is 6.46. The quantitative estimate of drug-likeness (QED) is 0.700. The first kappa shape index (κ1) is 18.5. The highest BCUT2D eigenvalue weighted by Gasteiger charge is 2.28. The molecule has 1 unspecified atom stereocenters. The summed E-state index contributed by atoms with van der Waals surface area (Å²) in [7, 11) is 0. The molecule has 28 heavy (non-hydrogen) atoms. The van der Waals surface area contributed by atoms with Crippen LogP contribution >= 0.6 is 0 Å². The maximum absolute atomic E-state index is 13.5. The third-order valence-electron chi connectivity index (χ3n) is 5.05. The minimum atomic E-state index is -2.69. The smallest absolute Gasteiger partial charge is 0.280 e. The topological polar surface area (TPSA) is 77.1 Å². The minimum absolute atomic E-state index is 0.0646. The summed E-state index contributed by atoms with van der Waals surface area (Å²) in [6.07, 6.45) is 1.11. The molecule has 1 atom stereocenters. The lowest BCUT2D eigenvalue weighted by Gasteiger charge is -2.11. The Hall–Kier alpha value is -2.84. The van der Waals surface area contributed by atoms with E-state index in [0.717, 1.165) is 35.2 Å². The summed E-state index contributed by atoms with van der Waals surface area (Å²) < 4.78 is 29.8. The van der Waals surface area contributed by atoms with E-state index in [1.54, 1.807) is 4.68 Å². The Morgan fingerprint density at radius 2 is 2.07 bits per heavy atom. The van der Waals surface area contributed by atoms with Gasteiger partial charge in [-0.15, -0.1) is 0 Å². The molecule has 0 spiro atoms. The van der Waals surface area contributed by atoms with Gasteiger partial charge in [0.2, 0.25) is 0 Å². The second kappa shape index (κ2) is 6.96. The number of carbonyl (C=O) groups excluding carboxylic acids is 1. The molecule has 1 amide bonds. The molecule has 148 valence electrons. The SMILES string of the molecule is CCn1cc(C(C)NC(=O)c2cc3nc(C4CC4)cc(C(F)F)n3n2)c(C)n1. The lowest BCUT2D eigenvalue weighted by atomic mass is 10.1. The fraction of sp³-hybridized carbons (Fsp3) is 0.474. The molecule has 0 aromatic carbocycles. The summed E-state index contributed by atoms with van der Waals surface area (Å²) >= 11 is 0. The van der Waals surface area contributed by atoms with Crippen LogP contribution in [0.25, 0.3) is 5.65 Å². The number of rotatable bonds is 6. The van der Waals surface area contributed by atoms with E-state index in [2.05, 4.69) is 20.5 Å². The van der Waals surface area contributed by atoms with Crippen molar-refractivity contribution in [3.63, 3.8) is 0 Å². The highest BCUT2D eigenvalue weighted by molar-refractivity contribution is 5.93. The van der Waals surface area contributed by atoms with Gasteiger partial charge in [0.05, 0.1) is 11.7 Å². The maximum atomic E-state index is 13.5. The summed E-state index contributed by atoms with van der Waals surface area (Å²) in [5.41, 5.74) is 2.48. The molecule has 0 radical (unpaired) electrons. The molecule has 1 saturated carbocycles. The van der Waals surface area contributed by atoms with Gasteiger partial charge in [-0.3, -0.25) is 9.48 Å². The number of fused-ring (bicyclic) bond motifs is 1. The highest BCUT2D eigenvalue weighted by Crippen LogP contribution is 2.40. The molecular weight excluding hydrogens is 366 g/mol. The van der Waals surface area contributed by atoms with Crippen molar-refractivity contribution in [2.75, 3.05) is 0 Å². The van der Waals surface area contributed by atoms with Gasteiger partial charge < -0.3 is 5.32 Å². The summed E-state index contributed by atoms with van der Waals surface area (Å²) in [4.78, 5) is 17.1. The molecule has 3 aromatic heterocycles. The number of nitrogens with one attached hydrogen (secondary N) is 1. The zero-order valence-corrected chi connectivity index (χ0v) is 16.0. The number of hydrogen-bond donors (Lipinski definition) is 1. The van der Waals surface area contributed by atoms with Crippen molar-refractivity contribution >= 4 is 11.6 Å². The van der Waals surface area contributed by atoms with E-state index >= 15 is 0 Å². The van der Waals surface area contributed by atoms with Crippen LogP contribution in [0.1, 0.15) is 78.2 Å². The van der Waals surface area contributed by atoms with Crippen LogP contribution in [0.2, 0.25) is 0 Å². The van der Waals surface area contributed by atoms with Crippen LogP contribution in [0.5, 0.6) is 0 Å². The Labute approximate surface area is 160 Å². The van der Waals surface area contributed by atoms with Crippen LogP contribution in [0.15, 0.2) is 18.3 Å². The van der Waals surface area contributed by atoms with Crippen molar-refractivity contribution in [3.8, 4) is 0 Å². The van der Waals surface area contributed by atoms with Crippen molar-refractivity contribution in [2.45, 2.75) is 58.5 Å². The largest absolute Gasteiger partial charge is 0.344 e. The number of nitrogens with zero attached hydrogens (tertiary/aromatic N) is 5. The molecule has 1 aliphatic rings. The van der Waals surface area contributed by atoms with E-state index in [9.17, 15) is 13.6 Å². The fourth-order valence-electron chi connectivity index (χ4n) is 3.34. The molecule has 1 aliphatic carbocycles. The Balaban J connectivity index is 1.62. The van der Waals surface area contributed by atoms with E-state index in [-0.39, 0.29) is 29.0 Å². The van der Waals surface area contributed by atoms with Gasteiger partial charge in [-0.05, 0) is 39.7 Å². The lowest BCUT2D eigenvalue weighted by molar-refractivity contribution is 0.0933. The molecule has 7 nitrogen and oxygen atoms in total. The Kier molecular flexibility index (Phi) is 4.60. The Morgan fingerprint density at radius 3 is 2.68 bits per heavy atom. The van der Waals surface area contributed by atoms with Gasteiger partial charge in [-0.25, -0.2) is 18.3 Å². The molecule has 4 rings (SSSR count). The summed E-state index contributed by atoms with van der Waals surface area (Å²) in [5, 5.41) is 11.3. The maximum Gasteiger partial charge on any atom is 0.280 e. The van der Waals surface area contributed by atoms with Crippen LogP contribution in [0.3, 0.4) is 0 Å². The number of hydrogen-bond acceptors (Lipinski definition) is 4. The zero-order chi connectivity index (χ0) is 20.0. The van der Waals surface area contributed by atoms with Gasteiger partial charge in [0.1, 0.15) is 5.69 Å². The third kappa shape index (κ3) is 3.36. The first-order chi connectivity index (χ1) is 13.4. The highest BCUT2D eigenvalue weighted by atomic mass is 19.3. The van der Waals surface area contributed by atoms with Crippen molar-refractivity contribution in [2.24, 2.45) is 0 Å². The van der Waals surface area contributed by atoms with Crippen LogP contribution in [0, 0.1) is 6.92 Å². The van der Waals surface area contributed by atoms with E-state index in [1.165, 1.54) is 12.1 Å². The van der Waals surface area contributed by atoms with Crippen molar-refractivity contribution < 1.29 is 13.6 Å². The van der Waals surface area contributed by atoms with E-state index < -0.39 is 12.3 Å². The molecule has 3 heterocycles. The summed E-state index contributed by atoms with van der Waals surface area (Å²) in [5.74, 6) is -0.206. The van der Waals surface area contributed by atoms with Crippen molar-refractivity contribution in [1.29, 1.82) is 0 Å². The molecule has 0 aliphatic heterocycles. The first-order valence-electron chi connectivity index (χ1n) is 9.41. The molecule has 9 heteroatoms. The molecule has 1 fully saturated rings. The lowest BCUT2D eigenvalue weighted by Crippen LogP contribution is -2.27. The number of aromatic nitrogens is 5. The third-order valence-corrected chi connectivity index (χ3v) is 5.05. The molecule has 0 saturated heterocycles. The van der Waals surface area contributed by atoms with Gasteiger partial charge in [0.25, 0.3) is 12.3 Å². The second-order valence-electron chi connectivity index (χ2n) is 7.20. The number of halogens is 2. The van der Waals surface area contributed by atoms with E-state index in [0.29, 0.717) is 5.69 Å². The van der Waals surface area contributed by atoms with Gasteiger partial charge >= 0.3 is 0 Å². The standard InChI is InChI=1S/C19H22F2N6O/c1-4-26-9-13(11(3)24-26)10(2)22-19(28)15-8-17-23-14(12-5-6-12)7-16(18(20)21)27(17)25-15/h7-10,12,18H,4-6H2,1-3H3,(H,22,28). The molecule has 3 aromatic rings. The number of aryl methyl sites for hydroxylation is 2. The van der Waals surface area contributed by atoms with Gasteiger partial charge in [-0.1, -0.05) is 0 Å². The van der Waals surface area contributed by atoms with Gasteiger partial charge in [0.15, 0.2) is 11.3 Å². The van der Waals surface area contributed by atoms with Crippen LogP contribution < -0.4 is 5.32 Å². The molecule has 0 bridgehead atoms.